The Balaban J connectivity index is 1.94. The fourth-order valence-electron chi connectivity index (χ4n) is 2.70. The Labute approximate surface area is 151 Å². The van der Waals surface area contributed by atoms with E-state index in [2.05, 4.69) is 4.72 Å². The first-order chi connectivity index (χ1) is 12.0. The molecule has 1 N–H and O–H groups in total. The molecular weight excluding hydrogens is 358 g/mol. The highest BCUT2D eigenvalue weighted by Gasteiger charge is 2.26. The molecule has 128 valence electrons. The van der Waals surface area contributed by atoms with Gasteiger partial charge in [-0.15, -0.1) is 0 Å². The van der Waals surface area contributed by atoms with E-state index in [0.29, 0.717) is 5.39 Å². The SMILES string of the molecule is O=C(Cl)[C@H](Cc1ccccc1)NS(=O)(=O)c1cccc2ccccc12. The van der Waals surface area contributed by atoms with Crippen molar-refractivity contribution in [2.75, 3.05) is 0 Å². The molecule has 0 fully saturated rings. The van der Waals surface area contributed by atoms with E-state index in [1.807, 2.05) is 48.5 Å². The number of benzene rings is 3. The first-order valence-electron chi connectivity index (χ1n) is 7.71. The zero-order chi connectivity index (χ0) is 17.9. The van der Waals surface area contributed by atoms with E-state index in [1.54, 1.807) is 18.2 Å². The van der Waals surface area contributed by atoms with Gasteiger partial charge in [0.25, 0.3) is 0 Å². The summed E-state index contributed by atoms with van der Waals surface area (Å²) in [5.74, 6) is 0. The summed E-state index contributed by atoms with van der Waals surface area (Å²) < 4.78 is 28.1. The van der Waals surface area contributed by atoms with Crippen LogP contribution in [0, 0.1) is 0 Å². The molecule has 3 aromatic carbocycles. The van der Waals surface area contributed by atoms with Gasteiger partial charge in [0.1, 0.15) is 0 Å². The van der Waals surface area contributed by atoms with Gasteiger partial charge in [0.2, 0.25) is 15.3 Å². The number of carbonyl (C=O) groups excluding carboxylic acids is 1. The minimum absolute atomic E-state index is 0.126. The molecule has 0 spiro atoms. The summed E-state index contributed by atoms with van der Waals surface area (Å²) in [6.07, 6.45) is 0.188. The van der Waals surface area contributed by atoms with Crippen molar-refractivity contribution in [3.63, 3.8) is 0 Å². The van der Waals surface area contributed by atoms with Crippen LogP contribution in [0.15, 0.2) is 77.7 Å². The van der Waals surface area contributed by atoms with Gasteiger partial charge < -0.3 is 0 Å². The monoisotopic (exact) mass is 373 g/mol. The molecule has 0 aliphatic heterocycles. The Hall–Kier alpha value is -2.21. The van der Waals surface area contributed by atoms with Crippen LogP contribution in [0.2, 0.25) is 0 Å². The number of carbonyl (C=O) groups is 1. The summed E-state index contributed by atoms with van der Waals surface area (Å²) in [7, 11) is -3.91. The maximum absolute atomic E-state index is 12.8. The van der Waals surface area contributed by atoms with E-state index in [9.17, 15) is 13.2 Å². The van der Waals surface area contributed by atoms with E-state index >= 15 is 0 Å². The van der Waals surface area contributed by atoms with Gasteiger partial charge >= 0.3 is 0 Å². The van der Waals surface area contributed by atoms with Crippen LogP contribution in [0.25, 0.3) is 10.8 Å². The van der Waals surface area contributed by atoms with Gasteiger partial charge in [-0.25, -0.2) is 8.42 Å². The van der Waals surface area contributed by atoms with Gasteiger partial charge in [-0.3, -0.25) is 4.79 Å². The van der Waals surface area contributed by atoms with Crippen molar-refractivity contribution in [2.24, 2.45) is 0 Å². The average Bonchev–Trinajstić information content (AvgIpc) is 2.61. The second kappa shape index (κ2) is 7.35. The first kappa shape index (κ1) is 17.6. The molecule has 0 bridgehead atoms. The predicted molar refractivity (Wildman–Crippen MR) is 99.1 cm³/mol. The zero-order valence-electron chi connectivity index (χ0n) is 13.2. The summed E-state index contributed by atoms with van der Waals surface area (Å²) in [5.41, 5.74) is 0.821. The highest BCUT2D eigenvalue weighted by Crippen LogP contribution is 2.23. The summed E-state index contributed by atoms with van der Waals surface area (Å²) in [6, 6.07) is 20.3. The predicted octanol–water partition coefficient (Wildman–Crippen LogP) is 3.49. The van der Waals surface area contributed by atoms with Crippen LogP contribution < -0.4 is 4.72 Å². The number of nitrogens with one attached hydrogen (secondary N) is 1. The lowest BCUT2D eigenvalue weighted by molar-refractivity contribution is -0.113. The molecule has 0 unspecified atom stereocenters. The van der Waals surface area contributed by atoms with Crippen molar-refractivity contribution in [3.8, 4) is 0 Å². The zero-order valence-corrected chi connectivity index (χ0v) is 14.8. The molecule has 0 aromatic heterocycles. The minimum Gasteiger partial charge on any atom is -0.279 e. The Morgan fingerprint density at radius 2 is 1.56 bits per heavy atom. The molecule has 25 heavy (non-hydrogen) atoms. The fourth-order valence-corrected chi connectivity index (χ4v) is 4.32. The van der Waals surface area contributed by atoms with Crippen LogP contribution in [0.5, 0.6) is 0 Å². The topological polar surface area (TPSA) is 63.2 Å². The molecule has 0 heterocycles. The Bertz CT molecular complexity index is 998. The fraction of sp³-hybridized carbons (Fsp3) is 0.105. The molecule has 0 aliphatic rings. The highest BCUT2D eigenvalue weighted by atomic mass is 35.5. The van der Waals surface area contributed by atoms with Crippen LogP contribution in [0.3, 0.4) is 0 Å². The first-order valence-corrected chi connectivity index (χ1v) is 9.57. The summed E-state index contributed by atoms with van der Waals surface area (Å²) in [5, 5.41) is 0.660. The molecule has 0 saturated carbocycles. The standard InChI is InChI=1S/C19H16ClNO3S/c20-19(22)17(13-14-7-2-1-3-8-14)21-25(23,24)18-12-6-10-15-9-4-5-11-16(15)18/h1-12,17,21H,13H2/t17-/m0/s1. The molecule has 0 amide bonds. The van der Waals surface area contributed by atoms with E-state index in [1.165, 1.54) is 6.07 Å². The number of rotatable bonds is 6. The van der Waals surface area contributed by atoms with E-state index in [-0.39, 0.29) is 11.3 Å². The number of fused-ring (bicyclic) bond motifs is 1. The van der Waals surface area contributed by atoms with Crippen LogP contribution in [0.1, 0.15) is 5.56 Å². The lowest BCUT2D eigenvalue weighted by Gasteiger charge is -2.16. The molecule has 0 aliphatic carbocycles. The quantitative estimate of drug-likeness (QED) is 0.673. The molecule has 3 aromatic rings. The van der Waals surface area contributed by atoms with Gasteiger partial charge in [-0.1, -0.05) is 66.7 Å². The molecule has 0 saturated heterocycles. The Morgan fingerprint density at radius 1 is 0.920 bits per heavy atom. The summed E-state index contributed by atoms with van der Waals surface area (Å²) in [4.78, 5) is 11.9. The van der Waals surface area contributed by atoms with Crippen molar-refractivity contribution in [2.45, 2.75) is 17.4 Å². The van der Waals surface area contributed by atoms with Crippen molar-refractivity contribution >= 4 is 37.6 Å². The number of sulfonamides is 1. The normalized spacial score (nSPS) is 12.8. The van der Waals surface area contributed by atoms with Crippen LogP contribution in [-0.4, -0.2) is 19.7 Å². The number of hydrogen-bond donors (Lipinski definition) is 1. The van der Waals surface area contributed by atoms with Gasteiger partial charge in [0.05, 0.1) is 10.9 Å². The van der Waals surface area contributed by atoms with Crippen molar-refractivity contribution in [1.29, 1.82) is 0 Å². The van der Waals surface area contributed by atoms with Crippen LogP contribution in [0.4, 0.5) is 0 Å². The second-order valence-electron chi connectivity index (χ2n) is 5.64. The number of halogens is 1. The third-order valence-electron chi connectivity index (χ3n) is 3.89. The van der Waals surface area contributed by atoms with Gasteiger partial charge in [0, 0.05) is 5.39 Å². The Morgan fingerprint density at radius 3 is 2.28 bits per heavy atom. The molecule has 3 rings (SSSR count). The smallest absolute Gasteiger partial charge is 0.241 e. The van der Waals surface area contributed by atoms with Gasteiger partial charge in [-0.05, 0) is 35.0 Å². The third-order valence-corrected chi connectivity index (χ3v) is 5.69. The maximum atomic E-state index is 12.8. The third kappa shape index (κ3) is 4.07. The Kier molecular flexibility index (Phi) is 5.18. The summed E-state index contributed by atoms with van der Waals surface area (Å²) >= 11 is 5.64. The van der Waals surface area contributed by atoms with Gasteiger partial charge in [-0.2, -0.15) is 4.72 Å². The minimum atomic E-state index is -3.91. The molecule has 4 nitrogen and oxygen atoms in total. The molecular formula is C19H16ClNO3S. The molecule has 0 radical (unpaired) electrons. The van der Waals surface area contributed by atoms with Gasteiger partial charge in [0.15, 0.2) is 0 Å². The van der Waals surface area contributed by atoms with E-state index in [4.69, 9.17) is 11.6 Å². The van der Waals surface area contributed by atoms with E-state index < -0.39 is 21.3 Å². The maximum Gasteiger partial charge on any atom is 0.241 e. The van der Waals surface area contributed by atoms with Crippen molar-refractivity contribution in [1.82, 2.24) is 4.72 Å². The van der Waals surface area contributed by atoms with Crippen molar-refractivity contribution in [3.05, 3.63) is 78.4 Å². The van der Waals surface area contributed by atoms with E-state index in [0.717, 1.165) is 10.9 Å². The van der Waals surface area contributed by atoms with Crippen molar-refractivity contribution < 1.29 is 13.2 Å². The summed E-state index contributed by atoms with van der Waals surface area (Å²) in [6.45, 7) is 0. The lowest BCUT2D eigenvalue weighted by atomic mass is 10.1. The average molecular weight is 374 g/mol. The largest absolute Gasteiger partial charge is 0.279 e. The molecule has 1 atom stereocenters. The lowest BCUT2D eigenvalue weighted by Crippen LogP contribution is -2.40. The number of hydrogen-bond acceptors (Lipinski definition) is 3. The second-order valence-corrected chi connectivity index (χ2v) is 7.70. The van der Waals surface area contributed by atoms with Crippen LogP contribution in [-0.2, 0) is 21.2 Å². The van der Waals surface area contributed by atoms with Crippen LogP contribution >= 0.6 is 11.6 Å². The molecule has 6 heteroatoms. The highest BCUT2D eigenvalue weighted by molar-refractivity contribution is 7.89.